The van der Waals surface area contributed by atoms with Gasteiger partial charge in [0.1, 0.15) is 11.4 Å². The Bertz CT molecular complexity index is 530. The minimum Gasteiger partial charge on any atom is -0.490 e. The zero-order valence-corrected chi connectivity index (χ0v) is 16.1. The maximum absolute atomic E-state index is 12.7. The third kappa shape index (κ3) is 5.82. The molecule has 136 valence electrons. The van der Waals surface area contributed by atoms with Gasteiger partial charge in [0.05, 0.1) is 6.10 Å². The Morgan fingerprint density at radius 1 is 1.25 bits per heavy atom. The van der Waals surface area contributed by atoms with E-state index in [4.69, 9.17) is 9.47 Å². The number of carbonyl (C=O) groups excluding carboxylic acids is 1. The number of amides is 1. The van der Waals surface area contributed by atoms with E-state index in [9.17, 15) is 4.79 Å². The monoisotopic (exact) mass is 335 g/mol. The second-order valence-electron chi connectivity index (χ2n) is 6.60. The highest BCUT2D eigenvalue weighted by Gasteiger charge is 2.33. The predicted octanol–water partition coefficient (Wildman–Crippen LogP) is 5.10. The number of ether oxygens (including phenoxy) is 2. The molecule has 0 fully saturated rings. The van der Waals surface area contributed by atoms with Gasteiger partial charge in [-0.25, -0.2) is 0 Å². The molecule has 0 spiro atoms. The van der Waals surface area contributed by atoms with Crippen molar-refractivity contribution in [1.29, 1.82) is 0 Å². The summed E-state index contributed by atoms with van der Waals surface area (Å²) in [6, 6.07) is 5.75. The predicted molar refractivity (Wildman–Crippen MR) is 99.7 cm³/mol. The first-order valence-electron chi connectivity index (χ1n) is 9.09. The fourth-order valence-electron chi connectivity index (χ4n) is 2.48. The first-order chi connectivity index (χ1) is 11.4. The molecule has 0 bridgehead atoms. The van der Waals surface area contributed by atoms with Crippen LogP contribution in [0.1, 0.15) is 65.9 Å². The molecule has 0 unspecified atom stereocenters. The summed E-state index contributed by atoms with van der Waals surface area (Å²) in [5.41, 5.74) is 1.00. The van der Waals surface area contributed by atoms with Crippen LogP contribution in [-0.4, -0.2) is 24.2 Å². The van der Waals surface area contributed by atoms with Gasteiger partial charge in [0.25, 0.3) is 5.91 Å². The highest BCUT2D eigenvalue weighted by molar-refractivity contribution is 5.97. The molecular weight excluding hydrogens is 302 g/mol. The topological polar surface area (TPSA) is 47.6 Å². The van der Waals surface area contributed by atoms with E-state index in [0.29, 0.717) is 13.0 Å². The van der Waals surface area contributed by atoms with Crippen molar-refractivity contribution in [3.05, 3.63) is 23.8 Å². The zero-order chi connectivity index (χ0) is 18.2. The Labute approximate surface area is 146 Å². The number of aryl methyl sites for hydroxylation is 1. The van der Waals surface area contributed by atoms with Crippen molar-refractivity contribution < 1.29 is 14.3 Å². The van der Waals surface area contributed by atoms with Crippen LogP contribution in [0.15, 0.2) is 18.2 Å². The van der Waals surface area contributed by atoms with Crippen molar-refractivity contribution in [2.45, 2.75) is 78.9 Å². The van der Waals surface area contributed by atoms with E-state index in [0.717, 1.165) is 36.3 Å². The summed E-state index contributed by atoms with van der Waals surface area (Å²) in [4.78, 5) is 12.7. The molecule has 1 aromatic rings. The van der Waals surface area contributed by atoms with Gasteiger partial charge in [-0.3, -0.25) is 4.79 Å². The van der Waals surface area contributed by atoms with Crippen LogP contribution in [0, 0.1) is 6.92 Å². The van der Waals surface area contributed by atoms with Crippen LogP contribution in [0.4, 0.5) is 5.69 Å². The highest BCUT2D eigenvalue weighted by Crippen LogP contribution is 2.26. The maximum atomic E-state index is 12.7. The zero-order valence-electron chi connectivity index (χ0n) is 16.1. The molecular formula is C20H33NO3. The molecule has 0 heterocycles. The van der Waals surface area contributed by atoms with E-state index < -0.39 is 5.60 Å². The lowest BCUT2D eigenvalue weighted by molar-refractivity contribution is -0.140. The molecule has 1 amide bonds. The molecule has 0 saturated heterocycles. The quantitative estimate of drug-likeness (QED) is 0.647. The molecule has 0 radical (unpaired) electrons. The number of hydrogen-bond acceptors (Lipinski definition) is 3. The van der Waals surface area contributed by atoms with E-state index in [1.807, 2.05) is 39.0 Å². The molecule has 1 rings (SSSR count). The smallest absolute Gasteiger partial charge is 0.256 e. The van der Waals surface area contributed by atoms with Gasteiger partial charge in [-0.1, -0.05) is 27.2 Å². The minimum atomic E-state index is -0.787. The van der Waals surface area contributed by atoms with Crippen molar-refractivity contribution in [3.63, 3.8) is 0 Å². The van der Waals surface area contributed by atoms with Crippen LogP contribution in [0.2, 0.25) is 0 Å². The van der Waals surface area contributed by atoms with Crippen molar-refractivity contribution >= 4 is 11.6 Å². The normalized spacial score (nSPS) is 14.8. The Hall–Kier alpha value is -1.55. The summed E-state index contributed by atoms with van der Waals surface area (Å²) in [6.45, 7) is 12.7. The van der Waals surface area contributed by atoms with Gasteiger partial charge in [-0.2, -0.15) is 0 Å². The number of benzene rings is 1. The van der Waals surface area contributed by atoms with Crippen LogP contribution in [-0.2, 0) is 9.53 Å². The van der Waals surface area contributed by atoms with E-state index >= 15 is 0 Å². The van der Waals surface area contributed by atoms with Crippen LogP contribution in [0.5, 0.6) is 5.75 Å². The van der Waals surface area contributed by atoms with E-state index in [-0.39, 0.29) is 12.0 Å². The summed E-state index contributed by atoms with van der Waals surface area (Å²) >= 11 is 0. The Morgan fingerprint density at radius 2 is 1.96 bits per heavy atom. The summed E-state index contributed by atoms with van der Waals surface area (Å²) in [5.74, 6) is 0.772. The number of hydrogen-bond donors (Lipinski definition) is 1. The van der Waals surface area contributed by atoms with Gasteiger partial charge < -0.3 is 14.8 Å². The van der Waals surface area contributed by atoms with Crippen molar-refractivity contribution in [3.8, 4) is 5.75 Å². The second kappa shape index (κ2) is 9.67. The standard InChI is InChI=1S/C20H33NO3/c1-7-12-20(6,23-13-8-2)19(22)21-17-10-11-18(15(4)14-17)24-16(5)9-3/h10-11,14,16H,7-9,12-13H2,1-6H3,(H,21,22)/t16-,20+/m0/s1. The van der Waals surface area contributed by atoms with Gasteiger partial charge in [0.15, 0.2) is 0 Å². The van der Waals surface area contributed by atoms with Crippen molar-refractivity contribution in [2.75, 3.05) is 11.9 Å². The molecule has 1 aromatic carbocycles. The molecule has 0 saturated carbocycles. The first-order valence-corrected chi connectivity index (χ1v) is 9.09. The molecule has 0 aromatic heterocycles. The van der Waals surface area contributed by atoms with Crippen LogP contribution < -0.4 is 10.1 Å². The summed E-state index contributed by atoms with van der Waals surface area (Å²) in [6.07, 6.45) is 3.64. The average Bonchev–Trinajstić information content (AvgIpc) is 2.55. The number of rotatable bonds is 10. The number of carbonyl (C=O) groups is 1. The lowest BCUT2D eigenvalue weighted by Crippen LogP contribution is -2.43. The van der Waals surface area contributed by atoms with E-state index in [2.05, 4.69) is 26.1 Å². The van der Waals surface area contributed by atoms with Crippen molar-refractivity contribution in [1.82, 2.24) is 0 Å². The molecule has 1 N–H and O–H groups in total. The molecule has 0 aliphatic carbocycles. The number of anilines is 1. The summed E-state index contributed by atoms with van der Waals surface area (Å²) < 4.78 is 11.7. The van der Waals surface area contributed by atoms with Gasteiger partial charge in [-0.05, 0) is 63.8 Å². The van der Waals surface area contributed by atoms with Crippen LogP contribution in [0.25, 0.3) is 0 Å². The van der Waals surface area contributed by atoms with Gasteiger partial charge >= 0.3 is 0 Å². The molecule has 0 aliphatic heterocycles. The molecule has 4 nitrogen and oxygen atoms in total. The largest absolute Gasteiger partial charge is 0.490 e. The third-order valence-electron chi connectivity index (χ3n) is 4.17. The third-order valence-corrected chi connectivity index (χ3v) is 4.17. The van der Waals surface area contributed by atoms with Crippen LogP contribution in [0.3, 0.4) is 0 Å². The highest BCUT2D eigenvalue weighted by atomic mass is 16.5. The Kier molecular flexibility index (Phi) is 8.26. The Balaban J connectivity index is 2.83. The summed E-state index contributed by atoms with van der Waals surface area (Å²) in [5, 5.41) is 2.99. The molecule has 0 aliphatic rings. The lowest BCUT2D eigenvalue weighted by Gasteiger charge is -2.28. The fraction of sp³-hybridized carbons (Fsp3) is 0.650. The minimum absolute atomic E-state index is 0.0900. The fourth-order valence-corrected chi connectivity index (χ4v) is 2.48. The molecule has 4 heteroatoms. The van der Waals surface area contributed by atoms with Crippen LogP contribution >= 0.6 is 0 Å². The van der Waals surface area contributed by atoms with Gasteiger partial charge in [-0.15, -0.1) is 0 Å². The molecule has 2 atom stereocenters. The lowest BCUT2D eigenvalue weighted by atomic mass is 9.98. The van der Waals surface area contributed by atoms with Gasteiger partial charge in [0, 0.05) is 12.3 Å². The SMILES string of the molecule is CCCO[C@](C)(CCC)C(=O)Nc1ccc(O[C@@H](C)CC)c(C)c1. The maximum Gasteiger partial charge on any atom is 0.256 e. The van der Waals surface area contributed by atoms with Gasteiger partial charge in [0.2, 0.25) is 0 Å². The Morgan fingerprint density at radius 3 is 2.50 bits per heavy atom. The average molecular weight is 335 g/mol. The second-order valence-corrected chi connectivity index (χ2v) is 6.60. The van der Waals surface area contributed by atoms with E-state index in [1.54, 1.807) is 0 Å². The first kappa shape index (κ1) is 20.5. The molecule has 24 heavy (non-hydrogen) atoms. The summed E-state index contributed by atoms with van der Waals surface area (Å²) in [7, 11) is 0. The van der Waals surface area contributed by atoms with Crippen molar-refractivity contribution in [2.24, 2.45) is 0 Å². The van der Waals surface area contributed by atoms with E-state index in [1.165, 1.54) is 0 Å². The number of nitrogens with one attached hydrogen (secondary N) is 1.